The van der Waals surface area contributed by atoms with Crippen LogP contribution in [0.4, 0.5) is 20.2 Å². The first-order valence-corrected chi connectivity index (χ1v) is 19.4. The molecule has 0 spiro atoms. The van der Waals surface area contributed by atoms with Crippen LogP contribution in [0.3, 0.4) is 0 Å². The highest BCUT2D eigenvalue weighted by atomic mass is 35.5. The first kappa shape index (κ1) is 35.4. The largest absolute Gasteiger partial charge is 0.497 e. The van der Waals surface area contributed by atoms with E-state index in [-0.39, 0.29) is 54.2 Å². The predicted molar refractivity (Wildman–Crippen MR) is 185 cm³/mol. The number of aliphatic hydroxyl groups is 1. The Morgan fingerprint density at radius 3 is 2.38 bits per heavy atom. The maximum Gasteiger partial charge on any atom is 0.227 e. The number of amides is 1. The van der Waals surface area contributed by atoms with Crippen LogP contribution in [0.15, 0.2) is 48.5 Å². The Labute approximate surface area is 286 Å². The predicted octanol–water partition coefficient (Wildman–Crippen LogP) is 8.17. The van der Waals surface area contributed by atoms with Crippen LogP contribution < -0.4 is 19.3 Å². The van der Waals surface area contributed by atoms with Gasteiger partial charge in [0, 0.05) is 31.1 Å². The van der Waals surface area contributed by atoms with Crippen molar-refractivity contribution in [3.05, 3.63) is 81.3 Å². The van der Waals surface area contributed by atoms with Gasteiger partial charge in [-0.3, -0.25) is 4.79 Å². The lowest BCUT2D eigenvalue weighted by Crippen LogP contribution is -2.63. The molecular formula is C35H42Cl2F2N2O5Si. The second kappa shape index (κ2) is 13.5. The number of nitrogens with zero attached hydrogens (tertiary/aromatic N) is 2. The molecule has 2 heterocycles. The molecule has 1 N–H and O–H groups in total. The fourth-order valence-corrected chi connectivity index (χ4v) is 7.66. The number of halogens is 4. The third-order valence-electron chi connectivity index (χ3n) is 9.70. The van der Waals surface area contributed by atoms with Crippen LogP contribution in [0.2, 0.25) is 28.2 Å². The van der Waals surface area contributed by atoms with Gasteiger partial charge in [-0.25, -0.2) is 8.78 Å². The topological polar surface area (TPSA) is 71.5 Å². The zero-order valence-corrected chi connectivity index (χ0v) is 30.1. The lowest BCUT2D eigenvalue weighted by Gasteiger charge is -2.49. The molecule has 12 heteroatoms. The highest BCUT2D eigenvalue weighted by Crippen LogP contribution is 2.43. The summed E-state index contributed by atoms with van der Waals surface area (Å²) in [5, 5.41) is 12.3. The van der Waals surface area contributed by atoms with Gasteiger partial charge in [0.05, 0.1) is 41.2 Å². The summed E-state index contributed by atoms with van der Waals surface area (Å²) < 4.78 is 48.3. The van der Waals surface area contributed by atoms with E-state index in [1.165, 1.54) is 23.1 Å². The highest BCUT2D eigenvalue weighted by molar-refractivity contribution is 6.74. The maximum absolute atomic E-state index is 15.4. The standard InChI is InChI=1S/C35H42Cl2F2N2O5Si/c1-34(2,3)47(5,6)46-31-20-40(29-18-28(39)25(36)17-26(29)37)16-15-35(31,43)21-45-30-13-12-27(38)33-24(30)11-14-32(42)41(33)19-22-7-9-23(44-4)10-8-22/h7-10,12-13,17-18,31,43H,11,14-16,19-21H2,1-6H3/t31-,35-/m1/s1. The van der Waals surface area contributed by atoms with Crippen molar-refractivity contribution in [3.63, 3.8) is 0 Å². The summed E-state index contributed by atoms with van der Waals surface area (Å²) in [4.78, 5) is 16.4. The Hall–Kier alpha value is -2.89. The minimum absolute atomic E-state index is 0.0679. The van der Waals surface area contributed by atoms with Crippen LogP contribution in [0, 0.1) is 11.6 Å². The number of anilines is 2. The van der Waals surface area contributed by atoms with Crippen molar-refractivity contribution in [2.45, 2.75) is 76.4 Å². The summed E-state index contributed by atoms with van der Waals surface area (Å²) in [5.74, 6) is -0.206. The molecule has 7 nitrogen and oxygen atoms in total. The van der Waals surface area contributed by atoms with E-state index in [1.807, 2.05) is 17.0 Å². The van der Waals surface area contributed by atoms with Crippen molar-refractivity contribution in [2.75, 3.05) is 36.6 Å². The Morgan fingerprint density at radius 1 is 1.02 bits per heavy atom. The van der Waals surface area contributed by atoms with Gasteiger partial charge in [0.1, 0.15) is 35.3 Å². The molecule has 0 aromatic heterocycles. The smallest absolute Gasteiger partial charge is 0.227 e. The molecule has 254 valence electrons. The van der Waals surface area contributed by atoms with E-state index in [4.69, 9.17) is 37.1 Å². The van der Waals surface area contributed by atoms with Gasteiger partial charge >= 0.3 is 0 Å². The molecule has 3 aromatic rings. The van der Waals surface area contributed by atoms with E-state index in [9.17, 15) is 14.3 Å². The van der Waals surface area contributed by atoms with E-state index < -0.39 is 31.7 Å². The molecule has 0 aliphatic carbocycles. The summed E-state index contributed by atoms with van der Waals surface area (Å²) >= 11 is 12.5. The van der Waals surface area contributed by atoms with Gasteiger partial charge in [0.15, 0.2) is 8.32 Å². The van der Waals surface area contributed by atoms with Crippen molar-refractivity contribution in [1.82, 2.24) is 0 Å². The fraction of sp³-hybridized carbons (Fsp3) is 0.457. The van der Waals surface area contributed by atoms with Crippen LogP contribution in [-0.2, 0) is 22.2 Å². The van der Waals surface area contributed by atoms with Gasteiger partial charge in [0.2, 0.25) is 5.91 Å². The molecule has 0 radical (unpaired) electrons. The number of piperidine rings is 1. The Kier molecular flexibility index (Phi) is 10.2. The molecule has 47 heavy (non-hydrogen) atoms. The van der Waals surface area contributed by atoms with Crippen molar-refractivity contribution in [2.24, 2.45) is 0 Å². The number of fused-ring (bicyclic) bond motifs is 1. The average Bonchev–Trinajstić information content (AvgIpc) is 3.01. The number of carbonyl (C=O) groups excluding carboxylic acids is 1. The second-order valence-electron chi connectivity index (χ2n) is 13.9. The molecule has 0 saturated carbocycles. The quantitative estimate of drug-likeness (QED) is 0.179. The van der Waals surface area contributed by atoms with Crippen molar-refractivity contribution >= 4 is 48.8 Å². The molecule has 2 atom stereocenters. The lowest BCUT2D eigenvalue weighted by molar-refractivity contribution is -0.119. The summed E-state index contributed by atoms with van der Waals surface area (Å²) in [7, 11) is -0.839. The number of carbonyl (C=O) groups is 1. The van der Waals surface area contributed by atoms with Crippen LogP contribution >= 0.6 is 23.2 Å². The molecular weight excluding hydrogens is 665 g/mol. The zero-order chi connectivity index (χ0) is 34.3. The Balaban J connectivity index is 1.42. The van der Waals surface area contributed by atoms with Crippen molar-refractivity contribution in [1.29, 1.82) is 0 Å². The van der Waals surface area contributed by atoms with Gasteiger partial charge in [-0.2, -0.15) is 0 Å². The first-order valence-electron chi connectivity index (χ1n) is 15.7. The molecule has 1 saturated heterocycles. The average molecular weight is 708 g/mol. The normalized spacial score (nSPS) is 20.3. The van der Waals surface area contributed by atoms with Gasteiger partial charge in [-0.15, -0.1) is 0 Å². The summed E-state index contributed by atoms with van der Waals surface area (Å²) in [6, 6.07) is 12.8. The van der Waals surface area contributed by atoms with E-state index in [0.717, 1.165) is 5.56 Å². The summed E-state index contributed by atoms with van der Waals surface area (Å²) in [6.45, 7) is 11.2. The molecule has 1 amide bonds. The molecule has 2 aliphatic heterocycles. The first-order chi connectivity index (χ1) is 22.0. The van der Waals surface area contributed by atoms with Crippen LogP contribution in [0.5, 0.6) is 11.5 Å². The summed E-state index contributed by atoms with van der Waals surface area (Å²) in [6.07, 6.45) is 0.0176. The van der Waals surface area contributed by atoms with E-state index in [2.05, 4.69) is 33.9 Å². The fourth-order valence-electron chi connectivity index (χ4n) is 5.80. The van der Waals surface area contributed by atoms with Gasteiger partial charge in [-0.05, 0) is 66.9 Å². The SMILES string of the molecule is COc1ccc(CN2C(=O)CCc3c(OC[C@]4(O)CCN(c5cc(F)c(Cl)cc5Cl)C[C@H]4O[Si](C)(C)C(C)(C)C)ccc(F)c32)cc1. The molecule has 5 rings (SSSR count). The molecule has 0 unspecified atom stereocenters. The van der Waals surface area contributed by atoms with Crippen molar-refractivity contribution in [3.8, 4) is 11.5 Å². The minimum atomic E-state index is -2.42. The van der Waals surface area contributed by atoms with E-state index in [0.29, 0.717) is 40.7 Å². The number of rotatable bonds is 9. The van der Waals surface area contributed by atoms with E-state index in [1.54, 1.807) is 25.3 Å². The number of ether oxygens (including phenoxy) is 2. The Morgan fingerprint density at radius 2 is 1.72 bits per heavy atom. The van der Waals surface area contributed by atoms with Crippen LogP contribution in [0.25, 0.3) is 0 Å². The van der Waals surface area contributed by atoms with Crippen LogP contribution in [0.1, 0.15) is 44.7 Å². The number of hydrogen-bond donors (Lipinski definition) is 1. The third-order valence-corrected chi connectivity index (χ3v) is 14.8. The maximum atomic E-state index is 15.4. The van der Waals surface area contributed by atoms with Crippen molar-refractivity contribution < 1.29 is 32.6 Å². The monoisotopic (exact) mass is 706 g/mol. The van der Waals surface area contributed by atoms with Gasteiger partial charge in [-0.1, -0.05) is 56.1 Å². The zero-order valence-electron chi connectivity index (χ0n) is 27.6. The second-order valence-corrected chi connectivity index (χ2v) is 19.4. The van der Waals surface area contributed by atoms with Crippen LogP contribution in [-0.4, -0.2) is 57.8 Å². The molecule has 3 aromatic carbocycles. The minimum Gasteiger partial charge on any atom is -0.497 e. The Bertz CT molecular complexity index is 1640. The summed E-state index contributed by atoms with van der Waals surface area (Å²) in [5.41, 5.74) is 0.617. The van der Waals surface area contributed by atoms with Gasteiger partial charge < -0.3 is 28.8 Å². The molecule has 1 fully saturated rings. The molecule has 2 aliphatic rings. The lowest BCUT2D eigenvalue weighted by atomic mass is 9.89. The van der Waals surface area contributed by atoms with E-state index >= 15 is 4.39 Å². The third kappa shape index (κ3) is 7.42. The highest BCUT2D eigenvalue weighted by Gasteiger charge is 2.49. The number of benzene rings is 3. The van der Waals surface area contributed by atoms with Gasteiger partial charge in [0.25, 0.3) is 0 Å². The number of hydrogen-bond acceptors (Lipinski definition) is 6. The molecule has 0 bridgehead atoms. The number of methoxy groups -OCH3 is 1.